The zero-order valence-electron chi connectivity index (χ0n) is 13.7. The highest BCUT2D eigenvalue weighted by atomic mass is 19.3. The lowest BCUT2D eigenvalue weighted by molar-refractivity contribution is -0.0500. The lowest BCUT2D eigenvalue weighted by Gasteiger charge is -2.11. The quantitative estimate of drug-likeness (QED) is 0.597. The molecule has 0 N–H and O–H groups in total. The van der Waals surface area contributed by atoms with Crippen molar-refractivity contribution >= 4 is 0 Å². The Morgan fingerprint density at radius 2 is 1.65 bits per heavy atom. The third-order valence-electron chi connectivity index (χ3n) is 3.73. The topological polar surface area (TPSA) is 42.2 Å². The molecule has 0 amide bonds. The van der Waals surface area contributed by atoms with Gasteiger partial charge in [-0.05, 0) is 41.0 Å². The van der Waals surface area contributed by atoms with Gasteiger partial charge in [-0.2, -0.15) is 14.0 Å². The van der Waals surface area contributed by atoms with E-state index < -0.39 is 6.61 Å². The van der Waals surface area contributed by atoms with Crippen LogP contribution in [-0.4, -0.2) is 6.61 Å². The molecule has 0 fully saturated rings. The molecule has 3 aromatic carbocycles. The van der Waals surface area contributed by atoms with Gasteiger partial charge in [0.15, 0.2) is 0 Å². The van der Waals surface area contributed by atoms with E-state index in [1.54, 1.807) is 6.07 Å². The summed E-state index contributed by atoms with van der Waals surface area (Å²) in [5, 5.41) is 9.02. The molecule has 0 bridgehead atoms. The molecular weight excluding hydrogens is 336 g/mol. The molecular formula is C21H15F2NO2. The van der Waals surface area contributed by atoms with E-state index in [4.69, 9.17) is 10.00 Å². The molecule has 130 valence electrons. The van der Waals surface area contributed by atoms with Gasteiger partial charge in [-0.25, -0.2) is 0 Å². The molecule has 0 heterocycles. The fourth-order valence-corrected chi connectivity index (χ4v) is 2.49. The van der Waals surface area contributed by atoms with Gasteiger partial charge in [0.1, 0.15) is 24.2 Å². The molecule has 3 nitrogen and oxygen atoms in total. The number of ether oxygens (including phenoxy) is 2. The van der Waals surface area contributed by atoms with Crippen molar-refractivity contribution in [1.29, 1.82) is 5.26 Å². The van der Waals surface area contributed by atoms with Crippen LogP contribution in [0, 0.1) is 11.3 Å². The summed E-state index contributed by atoms with van der Waals surface area (Å²) >= 11 is 0. The Morgan fingerprint density at radius 3 is 2.38 bits per heavy atom. The molecule has 5 heteroatoms. The molecule has 3 rings (SSSR count). The second-order valence-corrected chi connectivity index (χ2v) is 5.50. The molecule has 0 saturated heterocycles. The summed E-state index contributed by atoms with van der Waals surface area (Å²) in [5.41, 5.74) is 2.54. The number of halogens is 2. The monoisotopic (exact) mass is 351 g/mol. The molecule has 0 unspecified atom stereocenters. The van der Waals surface area contributed by atoms with Crippen molar-refractivity contribution in [3.8, 4) is 28.7 Å². The van der Waals surface area contributed by atoms with E-state index in [1.807, 2.05) is 60.7 Å². The third kappa shape index (κ3) is 4.37. The molecule has 0 aliphatic rings. The number of alkyl halides is 2. The molecule has 0 aliphatic carbocycles. The lowest BCUT2D eigenvalue weighted by atomic mass is 10.0. The fraction of sp³-hybridized carbons (Fsp3) is 0.0952. The minimum Gasteiger partial charge on any atom is -0.489 e. The molecule has 0 spiro atoms. The van der Waals surface area contributed by atoms with E-state index in [2.05, 4.69) is 4.74 Å². The number of nitriles is 1. The molecule has 0 aromatic heterocycles. The van der Waals surface area contributed by atoms with E-state index in [-0.39, 0.29) is 11.3 Å². The average molecular weight is 351 g/mol. The van der Waals surface area contributed by atoms with Crippen molar-refractivity contribution in [1.82, 2.24) is 0 Å². The van der Waals surface area contributed by atoms with Crippen molar-refractivity contribution in [2.24, 2.45) is 0 Å². The smallest absolute Gasteiger partial charge is 0.387 e. The van der Waals surface area contributed by atoms with Crippen LogP contribution in [0.3, 0.4) is 0 Å². The van der Waals surface area contributed by atoms with E-state index in [0.29, 0.717) is 17.9 Å². The summed E-state index contributed by atoms with van der Waals surface area (Å²) in [4.78, 5) is 0. The van der Waals surface area contributed by atoms with Gasteiger partial charge in [-0.3, -0.25) is 0 Å². The Hall–Kier alpha value is -3.39. The van der Waals surface area contributed by atoms with E-state index in [0.717, 1.165) is 11.1 Å². The van der Waals surface area contributed by atoms with E-state index in [1.165, 1.54) is 12.1 Å². The highest BCUT2D eigenvalue weighted by Crippen LogP contribution is 2.30. The van der Waals surface area contributed by atoms with Crippen LogP contribution in [0.2, 0.25) is 0 Å². The van der Waals surface area contributed by atoms with Gasteiger partial charge >= 0.3 is 6.61 Å². The van der Waals surface area contributed by atoms with Crippen LogP contribution in [0.4, 0.5) is 8.78 Å². The minimum absolute atomic E-state index is 0.0607. The summed E-state index contributed by atoms with van der Waals surface area (Å²) in [7, 11) is 0. The predicted octanol–water partition coefficient (Wildman–Crippen LogP) is 5.41. The maximum absolute atomic E-state index is 12.5. The highest BCUT2D eigenvalue weighted by Gasteiger charge is 2.11. The van der Waals surface area contributed by atoms with Crippen LogP contribution >= 0.6 is 0 Å². The molecule has 3 aromatic rings. The van der Waals surface area contributed by atoms with E-state index >= 15 is 0 Å². The van der Waals surface area contributed by atoms with Crippen LogP contribution < -0.4 is 9.47 Å². The van der Waals surface area contributed by atoms with Gasteiger partial charge in [0.2, 0.25) is 0 Å². The van der Waals surface area contributed by atoms with Gasteiger partial charge in [-0.15, -0.1) is 0 Å². The Kier molecular flexibility index (Phi) is 5.45. The number of hydrogen-bond acceptors (Lipinski definition) is 3. The maximum atomic E-state index is 12.5. The molecule has 0 aliphatic heterocycles. The number of rotatable bonds is 6. The van der Waals surface area contributed by atoms with Gasteiger partial charge in [0.05, 0.1) is 5.56 Å². The first kappa shape index (κ1) is 17.4. The standard InChI is InChI=1S/C21H15F2NO2/c22-21(23)26-20-12-17(9-10-18(20)13-24)16-7-4-8-19(11-16)25-14-15-5-2-1-3-6-15/h1-12,21H,14H2. The van der Waals surface area contributed by atoms with Crippen molar-refractivity contribution in [2.75, 3.05) is 0 Å². The van der Waals surface area contributed by atoms with Gasteiger partial charge in [0.25, 0.3) is 0 Å². The largest absolute Gasteiger partial charge is 0.489 e. The second-order valence-electron chi connectivity index (χ2n) is 5.50. The van der Waals surface area contributed by atoms with Crippen molar-refractivity contribution in [3.05, 3.63) is 83.9 Å². The molecule has 26 heavy (non-hydrogen) atoms. The fourth-order valence-electron chi connectivity index (χ4n) is 2.49. The Morgan fingerprint density at radius 1 is 0.885 bits per heavy atom. The van der Waals surface area contributed by atoms with Gasteiger partial charge in [-0.1, -0.05) is 48.5 Å². The first-order valence-corrected chi connectivity index (χ1v) is 7.92. The van der Waals surface area contributed by atoms with Gasteiger partial charge in [0, 0.05) is 0 Å². The van der Waals surface area contributed by atoms with Crippen LogP contribution in [0.1, 0.15) is 11.1 Å². The normalized spacial score (nSPS) is 10.4. The summed E-state index contributed by atoms with van der Waals surface area (Å²) in [6.45, 7) is -2.56. The van der Waals surface area contributed by atoms with Crippen molar-refractivity contribution < 1.29 is 18.3 Å². The lowest BCUT2D eigenvalue weighted by Crippen LogP contribution is -2.03. The van der Waals surface area contributed by atoms with Crippen LogP contribution in [0.25, 0.3) is 11.1 Å². The highest BCUT2D eigenvalue weighted by molar-refractivity contribution is 5.68. The SMILES string of the molecule is N#Cc1ccc(-c2cccc(OCc3ccccc3)c2)cc1OC(F)F. The van der Waals surface area contributed by atoms with Gasteiger partial charge < -0.3 is 9.47 Å². The third-order valence-corrected chi connectivity index (χ3v) is 3.73. The summed E-state index contributed by atoms with van der Waals surface area (Å²) in [5.74, 6) is 0.516. The molecule has 0 atom stereocenters. The zero-order valence-corrected chi connectivity index (χ0v) is 13.7. The van der Waals surface area contributed by atoms with E-state index in [9.17, 15) is 8.78 Å². The minimum atomic E-state index is -2.99. The van der Waals surface area contributed by atoms with Crippen LogP contribution in [-0.2, 0) is 6.61 Å². The number of benzene rings is 3. The zero-order chi connectivity index (χ0) is 18.4. The average Bonchev–Trinajstić information content (AvgIpc) is 2.67. The Bertz CT molecular complexity index is 921. The Labute approximate surface area is 150 Å². The first-order valence-electron chi connectivity index (χ1n) is 7.92. The number of hydrogen-bond donors (Lipinski definition) is 0. The second kappa shape index (κ2) is 8.13. The van der Waals surface area contributed by atoms with Crippen LogP contribution in [0.5, 0.6) is 11.5 Å². The predicted molar refractivity (Wildman–Crippen MR) is 94.0 cm³/mol. The summed E-state index contributed by atoms with van der Waals surface area (Å²) < 4.78 is 35.3. The first-order chi connectivity index (χ1) is 12.7. The molecule has 0 radical (unpaired) electrons. The number of nitrogens with zero attached hydrogens (tertiary/aromatic N) is 1. The summed E-state index contributed by atoms with van der Waals surface area (Å²) in [6.07, 6.45) is 0. The van der Waals surface area contributed by atoms with Crippen molar-refractivity contribution in [2.45, 2.75) is 13.2 Å². The van der Waals surface area contributed by atoms with Crippen molar-refractivity contribution in [3.63, 3.8) is 0 Å². The van der Waals surface area contributed by atoms with Crippen LogP contribution in [0.15, 0.2) is 72.8 Å². The maximum Gasteiger partial charge on any atom is 0.387 e. The molecule has 0 saturated carbocycles. The summed E-state index contributed by atoms with van der Waals surface area (Å²) in [6, 6.07) is 23.5. The Balaban J connectivity index is 1.82.